The molecular formula is C19H16N4O2. The Hall–Kier alpha value is -3.59. The van der Waals surface area contributed by atoms with Crippen molar-refractivity contribution < 1.29 is 9.53 Å². The monoisotopic (exact) mass is 332 g/mol. The third kappa shape index (κ3) is 3.51. The molecule has 1 heterocycles. The third-order valence-corrected chi connectivity index (χ3v) is 3.76. The van der Waals surface area contributed by atoms with E-state index in [-0.39, 0.29) is 5.91 Å². The Kier molecular flexibility index (Phi) is 4.48. The average Bonchev–Trinajstić information content (AvgIpc) is 3.08. The van der Waals surface area contributed by atoms with Gasteiger partial charge in [0, 0.05) is 24.5 Å². The summed E-state index contributed by atoms with van der Waals surface area (Å²) in [7, 11) is 3.38. The molecule has 0 fully saturated rings. The molecule has 0 radical (unpaired) electrons. The molecule has 0 saturated carbocycles. The van der Waals surface area contributed by atoms with E-state index in [4.69, 9.17) is 10.00 Å². The van der Waals surface area contributed by atoms with Crippen molar-refractivity contribution in [3.8, 4) is 22.9 Å². The first-order valence-corrected chi connectivity index (χ1v) is 7.59. The maximum absolute atomic E-state index is 12.5. The molecule has 0 aliphatic heterocycles. The molecule has 124 valence electrons. The number of benzene rings is 2. The highest BCUT2D eigenvalue weighted by Crippen LogP contribution is 2.27. The van der Waals surface area contributed by atoms with Crippen LogP contribution in [0, 0.1) is 11.3 Å². The molecule has 0 unspecified atom stereocenters. The summed E-state index contributed by atoms with van der Waals surface area (Å²) in [4.78, 5) is 12.5. The molecule has 0 saturated heterocycles. The number of carbonyl (C=O) groups excluding carboxylic acids is 1. The van der Waals surface area contributed by atoms with E-state index in [2.05, 4.69) is 10.4 Å². The lowest BCUT2D eigenvalue weighted by atomic mass is 10.1. The molecule has 1 aromatic heterocycles. The number of nitriles is 1. The number of nitrogens with zero attached hydrogens (tertiary/aromatic N) is 3. The van der Waals surface area contributed by atoms with Crippen molar-refractivity contribution >= 4 is 11.6 Å². The Morgan fingerprint density at radius 2 is 1.96 bits per heavy atom. The van der Waals surface area contributed by atoms with Gasteiger partial charge in [-0.15, -0.1) is 0 Å². The lowest BCUT2D eigenvalue weighted by Crippen LogP contribution is -2.13. The number of anilines is 1. The van der Waals surface area contributed by atoms with Crippen LogP contribution in [0.4, 0.5) is 5.69 Å². The van der Waals surface area contributed by atoms with Gasteiger partial charge in [-0.2, -0.15) is 10.4 Å². The van der Waals surface area contributed by atoms with Gasteiger partial charge in [0.25, 0.3) is 5.91 Å². The van der Waals surface area contributed by atoms with Crippen molar-refractivity contribution in [1.82, 2.24) is 9.78 Å². The standard InChI is InChI=1S/C19H16N4O2/c1-23-12-15(11-21-23)14-5-8-17(18(9-14)25-2)19(24)22-16-6-3-13(10-20)4-7-16/h3-9,11-12H,1-2H3,(H,22,24). The maximum Gasteiger partial charge on any atom is 0.259 e. The summed E-state index contributed by atoms with van der Waals surface area (Å²) in [6.45, 7) is 0. The van der Waals surface area contributed by atoms with Crippen molar-refractivity contribution in [2.75, 3.05) is 12.4 Å². The van der Waals surface area contributed by atoms with Crippen LogP contribution in [-0.2, 0) is 7.05 Å². The molecule has 3 rings (SSSR count). The van der Waals surface area contributed by atoms with Crippen LogP contribution in [-0.4, -0.2) is 22.8 Å². The lowest BCUT2D eigenvalue weighted by Gasteiger charge is -2.11. The Labute approximate surface area is 145 Å². The summed E-state index contributed by atoms with van der Waals surface area (Å²) in [6, 6.07) is 14.1. The van der Waals surface area contributed by atoms with Crippen LogP contribution in [0.3, 0.4) is 0 Å². The smallest absolute Gasteiger partial charge is 0.259 e. The zero-order valence-corrected chi connectivity index (χ0v) is 13.9. The number of amides is 1. The van der Waals surface area contributed by atoms with Gasteiger partial charge in [0.2, 0.25) is 0 Å². The Morgan fingerprint density at radius 1 is 1.20 bits per heavy atom. The van der Waals surface area contributed by atoms with E-state index in [1.807, 2.05) is 31.4 Å². The summed E-state index contributed by atoms with van der Waals surface area (Å²) in [5, 5.41) is 15.8. The minimum absolute atomic E-state index is 0.278. The van der Waals surface area contributed by atoms with Gasteiger partial charge in [-0.05, 0) is 42.0 Å². The van der Waals surface area contributed by atoms with Crippen LogP contribution >= 0.6 is 0 Å². The van der Waals surface area contributed by atoms with Crippen molar-refractivity contribution in [3.63, 3.8) is 0 Å². The molecule has 0 spiro atoms. The summed E-state index contributed by atoms with van der Waals surface area (Å²) in [5.74, 6) is 0.201. The number of aryl methyl sites for hydroxylation is 1. The summed E-state index contributed by atoms with van der Waals surface area (Å²) < 4.78 is 7.09. The highest BCUT2D eigenvalue weighted by atomic mass is 16.5. The number of hydrogen-bond donors (Lipinski definition) is 1. The van der Waals surface area contributed by atoms with E-state index < -0.39 is 0 Å². The summed E-state index contributed by atoms with van der Waals surface area (Å²) >= 11 is 0. The fraction of sp³-hybridized carbons (Fsp3) is 0.105. The first kappa shape index (κ1) is 16.3. The molecule has 0 bridgehead atoms. The highest BCUT2D eigenvalue weighted by Gasteiger charge is 2.14. The van der Waals surface area contributed by atoms with Gasteiger partial charge < -0.3 is 10.1 Å². The van der Waals surface area contributed by atoms with Crippen LogP contribution in [0.5, 0.6) is 5.75 Å². The minimum Gasteiger partial charge on any atom is -0.496 e. The largest absolute Gasteiger partial charge is 0.496 e. The Bertz CT molecular complexity index is 952. The number of hydrogen-bond acceptors (Lipinski definition) is 4. The fourth-order valence-corrected chi connectivity index (χ4v) is 2.46. The molecule has 3 aromatic rings. The SMILES string of the molecule is COc1cc(-c2cnn(C)c2)ccc1C(=O)Nc1ccc(C#N)cc1. The first-order valence-electron chi connectivity index (χ1n) is 7.59. The van der Waals surface area contributed by atoms with Crippen LogP contribution < -0.4 is 10.1 Å². The second-order valence-corrected chi connectivity index (χ2v) is 5.46. The number of aromatic nitrogens is 2. The fourth-order valence-electron chi connectivity index (χ4n) is 2.46. The van der Waals surface area contributed by atoms with Crippen LogP contribution in [0.2, 0.25) is 0 Å². The van der Waals surface area contributed by atoms with E-state index in [0.717, 1.165) is 11.1 Å². The maximum atomic E-state index is 12.5. The summed E-state index contributed by atoms with van der Waals surface area (Å²) in [5.41, 5.74) is 3.44. The van der Waals surface area contributed by atoms with Crippen molar-refractivity contribution in [3.05, 3.63) is 66.0 Å². The quantitative estimate of drug-likeness (QED) is 0.795. The summed E-state index contributed by atoms with van der Waals surface area (Å²) in [6.07, 6.45) is 3.65. The zero-order chi connectivity index (χ0) is 17.8. The highest BCUT2D eigenvalue weighted by molar-refractivity contribution is 6.06. The van der Waals surface area contributed by atoms with Gasteiger partial charge in [-0.3, -0.25) is 9.48 Å². The van der Waals surface area contributed by atoms with Crippen molar-refractivity contribution in [2.45, 2.75) is 0 Å². The zero-order valence-electron chi connectivity index (χ0n) is 13.9. The predicted molar refractivity (Wildman–Crippen MR) is 94.3 cm³/mol. The van der Waals surface area contributed by atoms with Gasteiger partial charge in [-0.25, -0.2) is 0 Å². The van der Waals surface area contributed by atoms with Crippen LogP contribution in [0.1, 0.15) is 15.9 Å². The molecule has 2 aromatic carbocycles. The number of nitrogens with one attached hydrogen (secondary N) is 1. The van der Waals surface area contributed by atoms with Crippen LogP contribution in [0.15, 0.2) is 54.9 Å². The van der Waals surface area contributed by atoms with E-state index in [1.165, 1.54) is 7.11 Å². The second kappa shape index (κ2) is 6.89. The number of rotatable bonds is 4. The Morgan fingerprint density at radius 3 is 2.56 bits per heavy atom. The van der Waals surface area contributed by atoms with E-state index in [0.29, 0.717) is 22.6 Å². The van der Waals surface area contributed by atoms with E-state index in [1.54, 1.807) is 41.2 Å². The van der Waals surface area contributed by atoms with Gasteiger partial charge in [0.05, 0.1) is 30.5 Å². The molecule has 6 heteroatoms. The van der Waals surface area contributed by atoms with Crippen molar-refractivity contribution in [1.29, 1.82) is 5.26 Å². The lowest BCUT2D eigenvalue weighted by molar-refractivity contribution is 0.102. The molecule has 1 N–H and O–H groups in total. The Balaban J connectivity index is 1.85. The molecular weight excluding hydrogens is 316 g/mol. The average molecular weight is 332 g/mol. The topological polar surface area (TPSA) is 79.9 Å². The van der Waals surface area contributed by atoms with Gasteiger partial charge >= 0.3 is 0 Å². The predicted octanol–water partition coefficient (Wildman–Crippen LogP) is 3.22. The second-order valence-electron chi connectivity index (χ2n) is 5.46. The number of ether oxygens (including phenoxy) is 1. The molecule has 0 aliphatic carbocycles. The molecule has 1 amide bonds. The van der Waals surface area contributed by atoms with Gasteiger partial charge in [0.1, 0.15) is 5.75 Å². The van der Waals surface area contributed by atoms with Gasteiger partial charge in [0.15, 0.2) is 0 Å². The molecule has 0 aliphatic rings. The van der Waals surface area contributed by atoms with E-state index >= 15 is 0 Å². The van der Waals surface area contributed by atoms with Crippen molar-refractivity contribution in [2.24, 2.45) is 7.05 Å². The number of carbonyl (C=O) groups is 1. The molecule has 0 atom stereocenters. The van der Waals surface area contributed by atoms with Gasteiger partial charge in [-0.1, -0.05) is 6.07 Å². The van der Waals surface area contributed by atoms with E-state index in [9.17, 15) is 4.79 Å². The normalized spacial score (nSPS) is 10.1. The number of methoxy groups -OCH3 is 1. The van der Waals surface area contributed by atoms with Crippen LogP contribution in [0.25, 0.3) is 11.1 Å². The minimum atomic E-state index is -0.278. The molecule has 25 heavy (non-hydrogen) atoms. The third-order valence-electron chi connectivity index (χ3n) is 3.76. The first-order chi connectivity index (χ1) is 12.1. The molecule has 6 nitrogen and oxygen atoms in total.